The molecule has 1 aliphatic heterocycles. The van der Waals surface area contributed by atoms with Crippen molar-refractivity contribution in [3.63, 3.8) is 0 Å². The molecule has 204 valence electrons. The van der Waals surface area contributed by atoms with Crippen LogP contribution in [0.3, 0.4) is 0 Å². The summed E-state index contributed by atoms with van der Waals surface area (Å²) in [4.78, 5) is 31.4. The summed E-state index contributed by atoms with van der Waals surface area (Å²) in [7, 11) is 0. The van der Waals surface area contributed by atoms with E-state index < -0.39 is 52.2 Å². The second-order valence-corrected chi connectivity index (χ2v) is 13.1. The minimum absolute atomic E-state index is 0.0812. The van der Waals surface area contributed by atoms with Gasteiger partial charge < -0.3 is 10.2 Å². The van der Waals surface area contributed by atoms with E-state index in [0.29, 0.717) is 25.4 Å². The highest BCUT2D eigenvalue weighted by Crippen LogP contribution is 2.72. The number of aliphatic carboxylic acids is 1. The molecule has 1 saturated heterocycles. The Morgan fingerprint density at radius 3 is 2.62 bits per heavy atom. The maximum atomic E-state index is 17.3. The normalized spacial score (nSPS) is 49.7. The van der Waals surface area contributed by atoms with Crippen LogP contribution in [-0.4, -0.2) is 63.7 Å². The number of hydroxylamine groups is 2. The fraction of sp³-hybridized carbons (Fsp3) is 0.793. The van der Waals surface area contributed by atoms with Crippen LogP contribution in [0.25, 0.3) is 0 Å². The third kappa shape index (κ3) is 3.24. The van der Waals surface area contributed by atoms with Gasteiger partial charge in [0.2, 0.25) is 0 Å². The second-order valence-electron chi connectivity index (χ2n) is 13.1. The number of carboxylic acids is 1. The summed E-state index contributed by atoms with van der Waals surface area (Å²) in [6, 6.07) is 0. The molecule has 6 nitrogen and oxygen atoms in total. The van der Waals surface area contributed by atoms with E-state index >= 15 is 8.78 Å². The standard InChI is InChI=1S/C29H39F2NO5/c1-26-10-8-19(33)13-22(26)23(30)14-21-20-12-18-16-32(11-9-17-6-4-3-5-7-17)37-29(18,25(35)36)27(20,2)15-24(34)28(21,26)31/h8,10,13,17-18,20-21,23-24,34H,3-7,9,11-12,14-16H2,1-2H3,(H,35,36)/t18-,20?,21-,23-,24-,26-,27?,28-,29-/m0/s1. The molecule has 4 saturated carbocycles. The molecule has 5 aliphatic carbocycles. The van der Waals surface area contributed by atoms with Crippen LogP contribution >= 0.6 is 0 Å². The summed E-state index contributed by atoms with van der Waals surface area (Å²) in [6.07, 6.45) is 8.08. The Morgan fingerprint density at radius 2 is 1.92 bits per heavy atom. The van der Waals surface area contributed by atoms with E-state index in [-0.39, 0.29) is 30.1 Å². The van der Waals surface area contributed by atoms with Crippen molar-refractivity contribution in [3.8, 4) is 0 Å². The van der Waals surface area contributed by atoms with Crippen LogP contribution in [0, 0.1) is 34.5 Å². The Morgan fingerprint density at radius 1 is 1.19 bits per heavy atom. The molecule has 5 fully saturated rings. The first kappa shape index (κ1) is 25.6. The van der Waals surface area contributed by atoms with Crippen LogP contribution in [0.5, 0.6) is 0 Å². The Bertz CT molecular complexity index is 1060. The first-order valence-corrected chi connectivity index (χ1v) is 14.1. The van der Waals surface area contributed by atoms with Crippen molar-refractivity contribution in [2.45, 2.75) is 95.2 Å². The van der Waals surface area contributed by atoms with Crippen LogP contribution in [0.2, 0.25) is 0 Å². The number of carbonyl (C=O) groups excluding carboxylic acids is 1. The quantitative estimate of drug-likeness (QED) is 0.566. The van der Waals surface area contributed by atoms with Crippen LogP contribution in [0.1, 0.15) is 71.6 Å². The van der Waals surface area contributed by atoms with Crippen molar-refractivity contribution in [1.29, 1.82) is 0 Å². The maximum Gasteiger partial charge on any atom is 0.339 e. The minimum Gasteiger partial charge on any atom is -0.479 e. The highest BCUT2D eigenvalue weighted by molar-refractivity contribution is 6.01. The number of allylic oxidation sites excluding steroid dienone is 4. The smallest absolute Gasteiger partial charge is 0.339 e. The first-order valence-electron chi connectivity index (χ1n) is 14.1. The lowest BCUT2D eigenvalue weighted by Crippen LogP contribution is -2.70. The van der Waals surface area contributed by atoms with Crippen LogP contribution < -0.4 is 0 Å². The zero-order valence-electron chi connectivity index (χ0n) is 21.8. The second kappa shape index (κ2) is 8.43. The van der Waals surface area contributed by atoms with Crippen LogP contribution in [0.15, 0.2) is 23.8 Å². The van der Waals surface area contributed by atoms with E-state index in [4.69, 9.17) is 4.84 Å². The Labute approximate surface area is 217 Å². The molecule has 0 aromatic rings. The van der Waals surface area contributed by atoms with Crippen molar-refractivity contribution in [2.75, 3.05) is 13.1 Å². The molecule has 1 heterocycles. The van der Waals surface area contributed by atoms with Crippen molar-refractivity contribution < 1.29 is 33.4 Å². The molecular weight excluding hydrogens is 480 g/mol. The summed E-state index contributed by atoms with van der Waals surface area (Å²) in [5.74, 6) is -2.56. The number of fused-ring (bicyclic) bond motifs is 7. The maximum absolute atomic E-state index is 17.3. The largest absolute Gasteiger partial charge is 0.479 e. The third-order valence-corrected chi connectivity index (χ3v) is 11.5. The highest BCUT2D eigenvalue weighted by atomic mass is 19.1. The molecule has 0 bridgehead atoms. The van der Waals surface area contributed by atoms with E-state index in [1.54, 1.807) is 18.9 Å². The summed E-state index contributed by atoms with van der Waals surface area (Å²) in [5.41, 5.74) is -6.23. The van der Waals surface area contributed by atoms with E-state index in [1.165, 1.54) is 50.3 Å². The fourth-order valence-corrected chi connectivity index (χ4v) is 9.62. The molecule has 0 spiro atoms. The lowest BCUT2D eigenvalue weighted by Gasteiger charge is -2.63. The number of carbonyl (C=O) groups is 2. The van der Waals surface area contributed by atoms with Gasteiger partial charge >= 0.3 is 5.97 Å². The van der Waals surface area contributed by atoms with E-state index in [9.17, 15) is 19.8 Å². The summed E-state index contributed by atoms with van der Waals surface area (Å²) < 4.78 is 32.9. The van der Waals surface area contributed by atoms with Gasteiger partial charge in [-0.05, 0) is 62.2 Å². The molecule has 0 radical (unpaired) electrons. The number of nitrogens with zero attached hydrogens (tertiary/aromatic N) is 1. The van der Waals surface area contributed by atoms with Gasteiger partial charge in [-0.1, -0.05) is 45.1 Å². The van der Waals surface area contributed by atoms with Gasteiger partial charge in [0.25, 0.3) is 0 Å². The zero-order valence-corrected chi connectivity index (χ0v) is 21.8. The average Bonchev–Trinajstić information content (AvgIpc) is 3.35. The predicted molar refractivity (Wildman–Crippen MR) is 132 cm³/mol. The molecule has 0 aromatic carbocycles. The van der Waals surface area contributed by atoms with E-state index in [1.807, 2.05) is 0 Å². The molecule has 2 unspecified atom stereocenters. The lowest BCUT2D eigenvalue weighted by atomic mass is 9.44. The minimum atomic E-state index is -2.21. The van der Waals surface area contributed by atoms with Gasteiger partial charge in [-0.25, -0.2) is 13.6 Å². The number of aliphatic hydroxyl groups excluding tert-OH is 1. The molecule has 0 amide bonds. The number of hydrogen-bond acceptors (Lipinski definition) is 5. The molecule has 8 heteroatoms. The predicted octanol–water partition coefficient (Wildman–Crippen LogP) is 4.57. The van der Waals surface area contributed by atoms with Gasteiger partial charge in [0.15, 0.2) is 17.1 Å². The van der Waals surface area contributed by atoms with Gasteiger partial charge in [-0.15, -0.1) is 0 Å². The van der Waals surface area contributed by atoms with Gasteiger partial charge in [-0.2, -0.15) is 5.06 Å². The monoisotopic (exact) mass is 519 g/mol. The number of hydrogen-bond donors (Lipinski definition) is 2. The molecule has 0 aromatic heterocycles. The van der Waals surface area contributed by atoms with Gasteiger partial charge in [-0.3, -0.25) is 9.63 Å². The Balaban J connectivity index is 1.32. The molecule has 2 N–H and O–H groups in total. The number of rotatable bonds is 4. The summed E-state index contributed by atoms with van der Waals surface area (Å²) in [5, 5.41) is 23.9. The molecule has 6 aliphatic rings. The van der Waals surface area contributed by atoms with E-state index in [0.717, 1.165) is 6.42 Å². The number of aliphatic hydroxyl groups is 1. The SMILES string of the molecule is CC12C[C@H](O)[C@@]3(F)[C@@H](C[C@H](F)C4=CC(=O)C=C[C@@]43C)C1C[C@H]1CN(CCC3CCCCC3)O[C@]12C(=O)O. The topological polar surface area (TPSA) is 87.1 Å². The van der Waals surface area contributed by atoms with Gasteiger partial charge in [0.1, 0.15) is 6.17 Å². The number of carboxylic acid groups (broad SMARTS) is 1. The van der Waals surface area contributed by atoms with Crippen molar-refractivity contribution >= 4 is 11.8 Å². The molecular formula is C29H39F2NO5. The first-order chi connectivity index (χ1) is 17.5. The van der Waals surface area contributed by atoms with Crippen LogP contribution in [-0.2, 0) is 14.4 Å². The van der Waals surface area contributed by atoms with Crippen molar-refractivity contribution in [3.05, 3.63) is 23.8 Å². The number of ketones is 1. The van der Waals surface area contributed by atoms with Crippen molar-refractivity contribution in [1.82, 2.24) is 5.06 Å². The van der Waals surface area contributed by atoms with E-state index in [2.05, 4.69) is 0 Å². The molecule has 37 heavy (non-hydrogen) atoms. The van der Waals surface area contributed by atoms with Gasteiger partial charge in [0.05, 0.1) is 6.10 Å². The van der Waals surface area contributed by atoms with Crippen molar-refractivity contribution in [2.24, 2.45) is 34.5 Å². The summed E-state index contributed by atoms with van der Waals surface area (Å²) >= 11 is 0. The molecule has 6 rings (SSSR count). The number of alkyl halides is 2. The average molecular weight is 520 g/mol. The molecule has 9 atom stereocenters. The third-order valence-electron chi connectivity index (χ3n) is 11.5. The summed E-state index contributed by atoms with van der Waals surface area (Å²) in [6.45, 7) is 4.48. The zero-order chi connectivity index (χ0) is 26.4. The lowest BCUT2D eigenvalue weighted by molar-refractivity contribution is -0.273. The highest BCUT2D eigenvalue weighted by Gasteiger charge is 2.80. The van der Waals surface area contributed by atoms with Gasteiger partial charge in [0, 0.05) is 35.8 Å². The number of halogens is 2. The Kier molecular flexibility index (Phi) is 5.84. The Hall–Kier alpha value is -1.64. The van der Waals surface area contributed by atoms with Crippen LogP contribution in [0.4, 0.5) is 8.78 Å². The fourth-order valence-electron chi connectivity index (χ4n) is 9.62.